The summed E-state index contributed by atoms with van der Waals surface area (Å²) in [6, 6.07) is 9.54. The van der Waals surface area contributed by atoms with Gasteiger partial charge in [0.1, 0.15) is 24.4 Å². The highest BCUT2D eigenvalue weighted by molar-refractivity contribution is 6.12. The highest BCUT2D eigenvalue weighted by Crippen LogP contribution is 2.18. The number of nitro groups is 1. The van der Waals surface area contributed by atoms with Gasteiger partial charge in [0.15, 0.2) is 0 Å². The molecule has 0 spiro atoms. The van der Waals surface area contributed by atoms with Crippen LogP contribution < -0.4 is 20.7 Å². The molecule has 15 heteroatoms. The van der Waals surface area contributed by atoms with Crippen LogP contribution in [0.25, 0.3) is 0 Å². The molecule has 0 aromatic heterocycles. The zero-order valence-electron chi connectivity index (χ0n) is 26.2. The maximum Gasteiger partial charge on any atom is 0.514 e. The third kappa shape index (κ3) is 11.4. The molecule has 0 fully saturated rings. The lowest BCUT2D eigenvalue weighted by atomic mass is 10.0. The lowest BCUT2D eigenvalue weighted by molar-refractivity contribution is -0.384. The molecule has 2 atom stereocenters. The van der Waals surface area contributed by atoms with Crippen molar-refractivity contribution in [2.75, 3.05) is 11.9 Å². The average Bonchev–Trinajstić information content (AvgIpc) is 3.35. The monoisotopic (exact) mass is 651 g/mol. The fraction of sp³-hybridized carbons (Fsp3) is 0.375. The highest BCUT2D eigenvalue weighted by Gasteiger charge is 2.27. The predicted octanol–water partition coefficient (Wildman–Crippen LogP) is 3.38. The van der Waals surface area contributed by atoms with Gasteiger partial charge in [0.05, 0.1) is 4.92 Å². The Morgan fingerprint density at radius 2 is 1.49 bits per heavy atom. The second-order valence-corrected chi connectivity index (χ2v) is 11.1. The fourth-order valence-electron chi connectivity index (χ4n) is 4.37. The average molecular weight is 652 g/mol. The normalized spacial score (nSPS) is 13.6. The first-order valence-electron chi connectivity index (χ1n) is 15.0. The van der Waals surface area contributed by atoms with E-state index >= 15 is 0 Å². The van der Waals surface area contributed by atoms with Crippen molar-refractivity contribution in [3.05, 3.63) is 76.4 Å². The second kappa shape index (κ2) is 17.2. The number of carbonyl (C=O) groups excluding carboxylic acids is 6. The van der Waals surface area contributed by atoms with Crippen LogP contribution in [-0.2, 0) is 35.3 Å². The van der Waals surface area contributed by atoms with Gasteiger partial charge in [0.2, 0.25) is 17.7 Å². The summed E-state index contributed by atoms with van der Waals surface area (Å²) in [5.74, 6) is -2.18. The second-order valence-electron chi connectivity index (χ2n) is 11.1. The van der Waals surface area contributed by atoms with Crippen LogP contribution in [0.5, 0.6) is 5.75 Å². The maximum atomic E-state index is 12.9. The molecular formula is C32H37N5O10. The molecule has 0 bridgehead atoms. The number of hydrogen-bond donors (Lipinski definition) is 3. The third-order valence-electron chi connectivity index (χ3n) is 7.03. The van der Waals surface area contributed by atoms with Gasteiger partial charge in [0, 0.05) is 42.9 Å². The zero-order chi connectivity index (χ0) is 34.5. The summed E-state index contributed by atoms with van der Waals surface area (Å²) >= 11 is 0. The van der Waals surface area contributed by atoms with Crippen LogP contribution in [0.1, 0.15) is 52.0 Å². The molecule has 2 aromatic rings. The molecule has 1 aliphatic rings. The topological polar surface area (TPSA) is 203 Å². The van der Waals surface area contributed by atoms with Gasteiger partial charge < -0.3 is 25.4 Å². The molecule has 0 saturated carbocycles. The molecule has 3 N–H and O–H groups in total. The zero-order valence-corrected chi connectivity index (χ0v) is 26.2. The summed E-state index contributed by atoms with van der Waals surface area (Å²) < 4.78 is 10.0. The number of benzene rings is 2. The quantitative estimate of drug-likeness (QED) is 0.0603. The Morgan fingerprint density at radius 1 is 0.851 bits per heavy atom. The molecule has 47 heavy (non-hydrogen) atoms. The first-order valence-corrected chi connectivity index (χ1v) is 15.0. The smallest absolute Gasteiger partial charge is 0.429 e. The van der Waals surface area contributed by atoms with Crippen molar-refractivity contribution >= 4 is 47.1 Å². The van der Waals surface area contributed by atoms with Crippen molar-refractivity contribution < 1.29 is 43.2 Å². The van der Waals surface area contributed by atoms with Crippen molar-refractivity contribution in [1.82, 2.24) is 15.5 Å². The minimum Gasteiger partial charge on any atom is -0.429 e. The lowest BCUT2D eigenvalue weighted by Crippen LogP contribution is -2.53. The van der Waals surface area contributed by atoms with Gasteiger partial charge in [0.25, 0.3) is 17.5 Å². The van der Waals surface area contributed by atoms with Gasteiger partial charge in [-0.3, -0.25) is 39.0 Å². The van der Waals surface area contributed by atoms with Gasteiger partial charge in [-0.05, 0) is 55.5 Å². The predicted molar refractivity (Wildman–Crippen MR) is 168 cm³/mol. The van der Waals surface area contributed by atoms with Crippen LogP contribution in [0, 0.1) is 16.0 Å². The summed E-state index contributed by atoms with van der Waals surface area (Å²) in [5.41, 5.74) is 0.872. The molecule has 0 unspecified atom stereocenters. The van der Waals surface area contributed by atoms with E-state index in [2.05, 4.69) is 16.0 Å². The Balaban J connectivity index is 1.38. The minimum atomic E-state index is -1.000. The molecule has 0 saturated heterocycles. The molecule has 1 heterocycles. The Labute approximate surface area is 270 Å². The summed E-state index contributed by atoms with van der Waals surface area (Å²) in [6.45, 7) is 5.21. The number of nitrogens with one attached hydrogen (secondary N) is 3. The first kappa shape index (κ1) is 35.9. The Bertz CT molecular complexity index is 1490. The van der Waals surface area contributed by atoms with Gasteiger partial charge in [-0.2, -0.15) is 0 Å². The van der Waals surface area contributed by atoms with E-state index in [1.807, 2.05) is 0 Å². The number of hydrogen-bond acceptors (Lipinski definition) is 10. The summed E-state index contributed by atoms with van der Waals surface area (Å²) in [4.78, 5) is 84.6. The number of unbranched alkanes of at least 4 members (excludes halogenated alkanes) is 2. The van der Waals surface area contributed by atoms with E-state index in [9.17, 15) is 38.9 Å². The van der Waals surface area contributed by atoms with E-state index in [0.717, 1.165) is 4.90 Å². The third-order valence-corrected chi connectivity index (χ3v) is 7.03. The molecule has 0 aliphatic carbocycles. The SMILES string of the molecule is CC(C)[C@H](NC(=O)CCCCCN1C(=O)C=CC1=O)C(=O)N[C@@H](C)C(=O)Nc1ccc(COC(=O)Oc2ccc([N+](=O)[O-])cc2)cc1. The van der Waals surface area contributed by atoms with E-state index in [-0.39, 0.29) is 54.6 Å². The summed E-state index contributed by atoms with van der Waals surface area (Å²) in [5, 5.41) is 18.8. The minimum absolute atomic E-state index is 0.0831. The number of ether oxygens (including phenoxy) is 2. The van der Waals surface area contributed by atoms with E-state index < -0.39 is 35.0 Å². The van der Waals surface area contributed by atoms with Crippen LogP contribution in [0.4, 0.5) is 16.2 Å². The molecular weight excluding hydrogens is 614 g/mol. The molecule has 250 valence electrons. The maximum absolute atomic E-state index is 12.9. The molecule has 3 rings (SSSR count). The van der Waals surface area contributed by atoms with Gasteiger partial charge in [-0.25, -0.2) is 4.79 Å². The molecule has 15 nitrogen and oxygen atoms in total. The molecule has 2 aromatic carbocycles. The number of imide groups is 1. The van der Waals surface area contributed by atoms with Crippen LogP contribution >= 0.6 is 0 Å². The summed E-state index contributed by atoms with van der Waals surface area (Å²) in [6.07, 6.45) is 3.30. The van der Waals surface area contributed by atoms with Gasteiger partial charge >= 0.3 is 6.16 Å². The number of nitro benzene ring substituents is 1. The van der Waals surface area contributed by atoms with Crippen LogP contribution in [0.3, 0.4) is 0 Å². The van der Waals surface area contributed by atoms with Crippen molar-refractivity contribution in [2.45, 2.75) is 65.1 Å². The summed E-state index contributed by atoms with van der Waals surface area (Å²) in [7, 11) is 0. The first-order chi connectivity index (χ1) is 22.3. The van der Waals surface area contributed by atoms with Crippen LogP contribution in [0.15, 0.2) is 60.7 Å². The highest BCUT2D eigenvalue weighted by atomic mass is 16.7. The van der Waals surface area contributed by atoms with E-state index in [4.69, 9.17) is 9.47 Å². The standard InChI is InChI=1S/C32H37N5O10/c1-20(2)29(35-26(38)7-5-4-6-18-36-27(39)16-17-28(36)40)31(42)33-21(3)30(41)34-23-10-8-22(9-11-23)19-46-32(43)47-25-14-12-24(13-15-25)37(44)45/h8-17,20-21,29H,4-7,18-19H2,1-3H3,(H,33,42)(H,34,41)(H,35,38)/t21-,29-/m0/s1. The van der Waals surface area contributed by atoms with Crippen molar-refractivity contribution in [2.24, 2.45) is 5.92 Å². The van der Waals surface area contributed by atoms with Gasteiger partial charge in [-0.15, -0.1) is 0 Å². The van der Waals surface area contributed by atoms with Crippen molar-refractivity contribution in [1.29, 1.82) is 0 Å². The number of carbonyl (C=O) groups is 6. The number of rotatable bonds is 16. The number of nitrogens with zero attached hydrogens (tertiary/aromatic N) is 2. The Morgan fingerprint density at radius 3 is 2.09 bits per heavy atom. The van der Waals surface area contributed by atoms with E-state index in [0.29, 0.717) is 30.5 Å². The molecule has 0 radical (unpaired) electrons. The van der Waals surface area contributed by atoms with Crippen LogP contribution in [-0.4, -0.2) is 64.1 Å². The van der Waals surface area contributed by atoms with E-state index in [1.54, 1.807) is 38.1 Å². The fourth-order valence-corrected chi connectivity index (χ4v) is 4.37. The molecule has 1 aliphatic heterocycles. The largest absolute Gasteiger partial charge is 0.514 e. The number of anilines is 1. The molecule has 5 amide bonds. The van der Waals surface area contributed by atoms with E-state index in [1.165, 1.54) is 43.3 Å². The number of non-ortho nitro benzene ring substituents is 1. The van der Waals surface area contributed by atoms with Gasteiger partial charge in [-0.1, -0.05) is 32.4 Å². The number of amides is 5. The Kier molecular flexibility index (Phi) is 13.1. The van der Waals surface area contributed by atoms with Crippen molar-refractivity contribution in [3.63, 3.8) is 0 Å². The van der Waals surface area contributed by atoms with Crippen LogP contribution in [0.2, 0.25) is 0 Å². The lowest BCUT2D eigenvalue weighted by Gasteiger charge is -2.24. The van der Waals surface area contributed by atoms with Crippen molar-refractivity contribution in [3.8, 4) is 5.75 Å². The Hall–Kier alpha value is -5.60.